The molecule has 1 aliphatic carbocycles. The van der Waals surface area contributed by atoms with Crippen molar-refractivity contribution in [3.05, 3.63) is 22.4 Å². The van der Waals surface area contributed by atoms with Crippen molar-refractivity contribution in [2.24, 2.45) is 5.92 Å². The van der Waals surface area contributed by atoms with Gasteiger partial charge in [-0.15, -0.1) is 11.3 Å². The normalized spacial score (nSPS) is 20.1. The van der Waals surface area contributed by atoms with Crippen LogP contribution in [0.1, 0.15) is 23.6 Å². The summed E-state index contributed by atoms with van der Waals surface area (Å²) in [4.78, 5) is 1.56. The van der Waals surface area contributed by atoms with Gasteiger partial charge in [-0.2, -0.15) is 0 Å². The maximum Gasteiger partial charge on any atom is 0.0111 e. The Morgan fingerprint density at radius 2 is 2.45 bits per heavy atom. The molecule has 11 heavy (non-hydrogen) atoms. The Morgan fingerprint density at radius 3 is 2.91 bits per heavy atom. The van der Waals surface area contributed by atoms with Gasteiger partial charge in [0, 0.05) is 16.1 Å². The van der Waals surface area contributed by atoms with Crippen LogP contribution in [0.4, 0.5) is 0 Å². The number of hydrogen-bond donors (Lipinski definition) is 0. The highest BCUT2D eigenvalue weighted by Gasteiger charge is 2.31. The van der Waals surface area contributed by atoms with E-state index in [0.717, 1.165) is 17.2 Å². The summed E-state index contributed by atoms with van der Waals surface area (Å²) in [5.41, 5.74) is 0. The van der Waals surface area contributed by atoms with E-state index in [2.05, 4.69) is 33.4 Å². The Labute approximate surface area is 79.8 Å². The van der Waals surface area contributed by atoms with E-state index in [1.165, 1.54) is 12.8 Å². The Hall–Kier alpha value is 0.180. The zero-order valence-electron chi connectivity index (χ0n) is 6.29. The predicted molar refractivity (Wildman–Crippen MR) is 53.6 cm³/mol. The lowest BCUT2D eigenvalue weighted by Crippen LogP contribution is -1.99. The van der Waals surface area contributed by atoms with Crippen molar-refractivity contribution in [1.82, 2.24) is 0 Å². The zero-order chi connectivity index (χ0) is 7.68. The van der Waals surface area contributed by atoms with Crippen LogP contribution in [0.15, 0.2) is 17.5 Å². The van der Waals surface area contributed by atoms with Gasteiger partial charge in [0.2, 0.25) is 0 Å². The number of halogens is 1. The Morgan fingerprint density at radius 1 is 1.64 bits per heavy atom. The van der Waals surface area contributed by atoms with Gasteiger partial charge in [-0.05, 0) is 30.2 Å². The van der Waals surface area contributed by atoms with Crippen molar-refractivity contribution in [2.45, 2.75) is 18.8 Å². The van der Waals surface area contributed by atoms with Crippen LogP contribution in [-0.4, -0.2) is 5.33 Å². The highest BCUT2D eigenvalue weighted by atomic mass is 79.9. The lowest BCUT2D eigenvalue weighted by molar-refractivity contribution is 0.690. The van der Waals surface area contributed by atoms with Crippen LogP contribution in [0, 0.1) is 5.92 Å². The first-order valence-corrected chi connectivity index (χ1v) is 6.01. The lowest BCUT2D eigenvalue weighted by Gasteiger charge is -2.09. The first-order chi connectivity index (χ1) is 5.42. The number of rotatable bonds is 3. The maximum absolute atomic E-state index is 3.58. The van der Waals surface area contributed by atoms with Gasteiger partial charge in [-0.25, -0.2) is 0 Å². The van der Waals surface area contributed by atoms with Gasteiger partial charge in [-0.3, -0.25) is 0 Å². The molecule has 60 valence electrons. The van der Waals surface area contributed by atoms with Crippen molar-refractivity contribution in [3.63, 3.8) is 0 Å². The van der Waals surface area contributed by atoms with Gasteiger partial charge in [0.05, 0.1) is 0 Å². The third kappa shape index (κ3) is 1.67. The molecule has 0 nitrogen and oxygen atoms in total. The Balaban J connectivity index is 2.11. The molecule has 0 aromatic carbocycles. The van der Waals surface area contributed by atoms with Crippen LogP contribution in [0.2, 0.25) is 0 Å². The van der Waals surface area contributed by atoms with Gasteiger partial charge in [-0.1, -0.05) is 22.0 Å². The predicted octanol–water partition coefficient (Wildman–Crippen LogP) is 3.64. The first kappa shape index (κ1) is 7.81. The molecular formula is C9H11BrS. The Bertz CT molecular complexity index is 213. The highest BCUT2D eigenvalue weighted by Crippen LogP contribution is 2.44. The summed E-state index contributed by atoms with van der Waals surface area (Å²) in [5.74, 6) is 1.78. The summed E-state index contributed by atoms with van der Waals surface area (Å²) in [6.45, 7) is 0. The summed E-state index contributed by atoms with van der Waals surface area (Å²) < 4.78 is 0. The molecule has 2 rings (SSSR count). The fourth-order valence-electron chi connectivity index (χ4n) is 1.44. The summed E-state index contributed by atoms with van der Waals surface area (Å²) >= 11 is 5.48. The molecule has 0 radical (unpaired) electrons. The highest BCUT2D eigenvalue weighted by molar-refractivity contribution is 9.09. The van der Waals surface area contributed by atoms with Crippen molar-refractivity contribution >= 4 is 27.3 Å². The molecule has 1 aromatic rings. The SMILES string of the molecule is BrCC(c1cccs1)C1CC1. The number of hydrogen-bond acceptors (Lipinski definition) is 1. The number of thiophene rings is 1. The van der Waals surface area contributed by atoms with Crippen LogP contribution in [-0.2, 0) is 0 Å². The molecule has 1 unspecified atom stereocenters. The third-order valence-corrected chi connectivity index (χ3v) is 3.97. The largest absolute Gasteiger partial charge is 0.149 e. The molecule has 1 aromatic heterocycles. The molecular weight excluding hydrogens is 220 g/mol. The fourth-order valence-corrected chi connectivity index (χ4v) is 3.45. The third-order valence-electron chi connectivity index (χ3n) is 2.27. The Kier molecular flexibility index (Phi) is 2.33. The lowest BCUT2D eigenvalue weighted by atomic mass is 10.1. The van der Waals surface area contributed by atoms with Gasteiger partial charge < -0.3 is 0 Å². The van der Waals surface area contributed by atoms with Gasteiger partial charge in [0.1, 0.15) is 0 Å². The molecule has 2 heteroatoms. The van der Waals surface area contributed by atoms with E-state index in [-0.39, 0.29) is 0 Å². The van der Waals surface area contributed by atoms with E-state index in [0.29, 0.717) is 0 Å². The van der Waals surface area contributed by atoms with Gasteiger partial charge in [0.25, 0.3) is 0 Å². The van der Waals surface area contributed by atoms with Crippen LogP contribution >= 0.6 is 27.3 Å². The molecule has 0 N–H and O–H groups in total. The maximum atomic E-state index is 3.58. The van der Waals surface area contributed by atoms with Crippen molar-refractivity contribution in [1.29, 1.82) is 0 Å². The summed E-state index contributed by atoms with van der Waals surface area (Å²) in [7, 11) is 0. The molecule has 1 heterocycles. The van der Waals surface area contributed by atoms with E-state index < -0.39 is 0 Å². The fraction of sp³-hybridized carbons (Fsp3) is 0.556. The summed E-state index contributed by atoms with van der Waals surface area (Å²) in [6, 6.07) is 4.41. The zero-order valence-corrected chi connectivity index (χ0v) is 8.70. The number of alkyl halides is 1. The summed E-state index contributed by atoms with van der Waals surface area (Å²) in [5, 5.41) is 3.31. The average molecular weight is 231 g/mol. The molecule has 1 atom stereocenters. The average Bonchev–Trinajstić information content (AvgIpc) is 2.68. The van der Waals surface area contributed by atoms with E-state index in [9.17, 15) is 0 Å². The molecule has 1 aliphatic rings. The van der Waals surface area contributed by atoms with E-state index in [1.807, 2.05) is 11.3 Å². The minimum Gasteiger partial charge on any atom is -0.149 e. The van der Waals surface area contributed by atoms with Crippen molar-refractivity contribution in [2.75, 3.05) is 5.33 Å². The standard InChI is InChI=1S/C9H11BrS/c10-6-8(7-3-4-7)9-2-1-5-11-9/h1-2,5,7-8H,3-4,6H2. The van der Waals surface area contributed by atoms with Gasteiger partial charge in [0.15, 0.2) is 0 Å². The second kappa shape index (κ2) is 3.28. The van der Waals surface area contributed by atoms with Crippen LogP contribution in [0.3, 0.4) is 0 Å². The minimum atomic E-state index is 0.801. The van der Waals surface area contributed by atoms with Crippen LogP contribution in [0.5, 0.6) is 0 Å². The van der Waals surface area contributed by atoms with Crippen molar-refractivity contribution < 1.29 is 0 Å². The van der Waals surface area contributed by atoms with Gasteiger partial charge >= 0.3 is 0 Å². The molecule has 1 fully saturated rings. The molecule has 0 amide bonds. The topological polar surface area (TPSA) is 0 Å². The molecule has 1 saturated carbocycles. The molecule has 0 aliphatic heterocycles. The van der Waals surface area contributed by atoms with E-state index in [1.54, 1.807) is 4.88 Å². The smallest absolute Gasteiger partial charge is 0.0111 e. The van der Waals surface area contributed by atoms with Crippen LogP contribution < -0.4 is 0 Å². The first-order valence-electron chi connectivity index (χ1n) is 4.01. The van der Waals surface area contributed by atoms with E-state index >= 15 is 0 Å². The quantitative estimate of drug-likeness (QED) is 0.697. The second-order valence-electron chi connectivity index (χ2n) is 3.11. The molecule has 0 saturated heterocycles. The monoisotopic (exact) mass is 230 g/mol. The van der Waals surface area contributed by atoms with Crippen LogP contribution in [0.25, 0.3) is 0 Å². The molecule has 0 spiro atoms. The van der Waals surface area contributed by atoms with E-state index in [4.69, 9.17) is 0 Å². The second-order valence-corrected chi connectivity index (χ2v) is 4.74. The molecule has 0 bridgehead atoms. The summed E-state index contributed by atoms with van der Waals surface area (Å²) in [6.07, 6.45) is 2.88. The minimum absolute atomic E-state index is 0.801. The van der Waals surface area contributed by atoms with Crippen molar-refractivity contribution in [3.8, 4) is 0 Å².